The van der Waals surface area contributed by atoms with E-state index in [2.05, 4.69) is 33.5 Å². The van der Waals surface area contributed by atoms with E-state index in [0.29, 0.717) is 63.0 Å². The van der Waals surface area contributed by atoms with Crippen LogP contribution >= 0.6 is 27.7 Å². The molecule has 2 N–H and O–H groups in total. The number of para-hydroxylation sites is 2. The number of methoxy groups -OCH3 is 1. The number of anilines is 2. The monoisotopic (exact) mass is 677 g/mol. The van der Waals surface area contributed by atoms with Gasteiger partial charge in [-0.3, -0.25) is 4.79 Å². The zero-order chi connectivity index (χ0) is 31.1. The highest BCUT2D eigenvalue weighted by molar-refractivity contribution is 9.10. The third-order valence-corrected chi connectivity index (χ3v) is 8.55. The van der Waals surface area contributed by atoms with E-state index in [-0.39, 0.29) is 5.91 Å². The average molecular weight is 679 g/mol. The van der Waals surface area contributed by atoms with Crippen LogP contribution in [0.4, 0.5) is 11.6 Å². The summed E-state index contributed by atoms with van der Waals surface area (Å²) in [6, 6.07) is 20.6. The molecule has 0 saturated carbocycles. The molecular weight excluding hydrogens is 642 g/mol. The molecule has 0 spiro atoms. The molecule has 1 amide bonds. The molecule has 1 aliphatic rings. The summed E-state index contributed by atoms with van der Waals surface area (Å²) in [5.41, 5.74) is 3.56. The van der Waals surface area contributed by atoms with Crippen molar-refractivity contribution in [3.05, 3.63) is 93.6 Å². The second-order valence-electron chi connectivity index (χ2n) is 10.1. The van der Waals surface area contributed by atoms with E-state index in [0.717, 1.165) is 29.7 Å². The molecule has 0 radical (unpaired) electrons. The Labute approximate surface area is 270 Å². The van der Waals surface area contributed by atoms with Gasteiger partial charge in [0.1, 0.15) is 18.4 Å². The molecule has 0 saturated heterocycles. The maximum Gasteiger partial charge on any atom is 0.255 e. The lowest BCUT2D eigenvalue weighted by Crippen LogP contribution is -2.31. The van der Waals surface area contributed by atoms with Crippen LogP contribution in [0.1, 0.15) is 50.8 Å². The molecule has 11 heteroatoms. The fourth-order valence-corrected chi connectivity index (χ4v) is 6.40. The van der Waals surface area contributed by atoms with E-state index in [9.17, 15) is 4.79 Å². The highest BCUT2D eigenvalue weighted by Gasteiger charge is 2.35. The summed E-state index contributed by atoms with van der Waals surface area (Å²) in [7, 11) is 1.60. The fourth-order valence-electron chi connectivity index (χ4n) is 4.91. The first kappa shape index (κ1) is 31.5. The van der Waals surface area contributed by atoms with Crippen LogP contribution in [0.5, 0.6) is 17.2 Å². The molecule has 5 rings (SSSR count). The Bertz CT molecular complexity index is 1640. The maximum atomic E-state index is 14.1. The molecule has 4 aromatic rings. The van der Waals surface area contributed by atoms with Crippen molar-refractivity contribution >= 4 is 45.2 Å². The van der Waals surface area contributed by atoms with Crippen molar-refractivity contribution in [1.82, 2.24) is 14.8 Å². The number of ether oxygens (including phenoxy) is 3. The predicted octanol–water partition coefficient (Wildman–Crippen LogP) is 7.85. The van der Waals surface area contributed by atoms with Crippen molar-refractivity contribution in [1.29, 1.82) is 0 Å². The van der Waals surface area contributed by atoms with Crippen LogP contribution in [-0.2, 0) is 11.4 Å². The minimum Gasteiger partial charge on any atom is -0.493 e. The van der Waals surface area contributed by atoms with Gasteiger partial charge in [0.05, 0.1) is 29.4 Å². The maximum absolute atomic E-state index is 14.1. The van der Waals surface area contributed by atoms with Gasteiger partial charge in [-0.25, -0.2) is 4.68 Å². The van der Waals surface area contributed by atoms with Gasteiger partial charge < -0.3 is 24.8 Å². The Morgan fingerprint density at radius 2 is 1.84 bits per heavy atom. The number of unbranched alkanes of at least 4 members (excludes halogenated alkanes) is 1. The summed E-state index contributed by atoms with van der Waals surface area (Å²) >= 11 is 5.32. The number of hydrogen-bond donors (Lipinski definition) is 2. The Hall–Kier alpha value is -3.96. The van der Waals surface area contributed by atoms with Crippen molar-refractivity contribution in [3.63, 3.8) is 0 Å². The number of rotatable bonds is 13. The Morgan fingerprint density at radius 1 is 1.07 bits per heavy atom. The van der Waals surface area contributed by atoms with Gasteiger partial charge in [0.25, 0.3) is 5.91 Å². The second-order valence-corrected chi connectivity index (χ2v) is 12.0. The second kappa shape index (κ2) is 14.7. The lowest BCUT2D eigenvalue weighted by Gasteiger charge is -2.29. The molecule has 1 aliphatic heterocycles. The zero-order valence-electron chi connectivity index (χ0n) is 25.2. The van der Waals surface area contributed by atoms with Gasteiger partial charge >= 0.3 is 0 Å². The molecule has 0 bridgehead atoms. The number of hydrogen-bond acceptors (Lipinski definition) is 8. The summed E-state index contributed by atoms with van der Waals surface area (Å²) in [6.45, 7) is 6.80. The molecule has 0 aliphatic carbocycles. The van der Waals surface area contributed by atoms with Crippen LogP contribution in [0.15, 0.2) is 87.6 Å². The van der Waals surface area contributed by atoms with Crippen molar-refractivity contribution < 1.29 is 19.0 Å². The van der Waals surface area contributed by atoms with E-state index >= 15 is 0 Å². The molecule has 3 aromatic carbocycles. The molecule has 2 heterocycles. The van der Waals surface area contributed by atoms with Crippen LogP contribution in [0, 0.1) is 0 Å². The van der Waals surface area contributed by atoms with E-state index < -0.39 is 6.04 Å². The Balaban J connectivity index is 1.55. The number of allylic oxidation sites excluding steroid dienone is 1. The van der Waals surface area contributed by atoms with E-state index in [1.807, 2.05) is 80.6 Å². The first-order valence-corrected chi connectivity index (χ1v) is 16.4. The molecule has 1 atom stereocenters. The SMILES string of the molecule is CCCCSc1nc2n(n1)C(c1cc(Br)c(OCc3ccccc3)c(OC)c1)C(C(=O)Nc1ccccc1OCC)=C(C)N2. The summed E-state index contributed by atoms with van der Waals surface area (Å²) in [6.07, 6.45) is 2.15. The lowest BCUT2D eigenvalue weighted by molar-refractivity contribution is -0.113. The third kappa shape index (κ3) is 7.05. The van der Waals surface area contributed by atoms with E-state index in [4.69, 9.17) is 24.3 Å². The van der Waals surface area contributed by atoms with Crippen molar-refractivity contribution in [2.24, 2.45) is 0 Å². The molecular formula is C33H36BrN5O4S. The fraction of sp³-hybridized carbons (Fsp3) is 0.303. The van der Waals surface area contributed by atoms with Crippen LogP contribution in [-0.4, -0.2) is 40.1 Å². The third-order valence-electron chi connectivity index (χ3n) is 7.04. The van der Waals surface area contributed by atoms with Crippen molar-refractivity contribution in [3.8, 4) is 17.2 Å². The van der Waals surface area contributed by atoms with Gasteiger partial charge in [-0.2, -0.15) is 4.98 Å². The number of amides is 1. The van der Waals surface area contributed by atoms with Crippen LogP contribution < -0.4 is 24.8 Å². The molecule has 1 aromatic heterocycles. The first-order chi connectivity index (χ1) is 21.4. The number of benzene rings is 3. The Morgan fingerprint density at radius 3 is 2.59 bits per heavy atom. The Kier molecular flexibility index (Phi) is 10.5. The zero-order valence-corrected chi connectivity index (χ0v) is 27.6. The van der Waals surface area contributed by atoms with Gasteiger partial charge in [-0.05, 0) is 71.6 Å². The van der Waals surface area contributed by atoms with Crippen LogP contribution in [0.2, 0.25) is 0 Å². The van der Waals surface area contributed by atoms with Crippen LogP contribution in [0.25, 0.3) is 0 Å². The van der Waals surface area contributed by atoms with Gasteiger partial charge in [0, 0.05) is 11.4 Å². The standard InChI is InChI=1S/C33H36BrN5O4S/c1-5-7-17-44-33-37-32-35-21(3)28(31(40)36-25-15-11-12-16-26(25)42-6-2)29(39(32)38-33)23-18-24(34)30(27(19-23)41-4)43-20-22-13-9-8-10-14-22/h8-16,18-19,29H,5-7,17,20H2,1-4H3,(H,36,40)(H,35,37,38). The first-order valence-electron chi connectivity index (χ1n) is 14.6. The van der Waals surface area contributed by atoms with Gasteiger partial charge in [-0.1, -0.05) is 67.6 Å². The van der Waals surface area contributed by atoms with Crippen LogP contribution in [0.3, 0.4) is 0 Å². The summed E-state index contributed by atoms with van der Waals surface area (Å²) in [5, 5.41) is 11.9. The normalized spacial score (nSPS) is 14.1. The number of aromatic nitrogens is 3. The summed E-state index contributed by atoms with van der Waals surface area (Å²) in [5.74, 6) is 2.89. The molecule has 230 valence electrons. The minimum atomic E-state index is -0.605. The number of carbonyl (C=O) groups excluding carboxylic acids is 1. The molecule has 1 unspecified atom stereocenters. The lowest BCUT2D eigenvalue weighted by atomic mass is 9.94. The molecule has 0 fully saturated rings. The number of halogens is 1. The van der Waals surface area contributed by atoms with Crippen molar-refractivity contribution in [2.45, 2.75) is 51.4 Å². The topological polar surface area (TPSA) is 99.5 Å². The highest BCUT2D eigenvalue weighted by Crippen LogP contribution is 2.43. The minimum absolute atomic E-state index is 0.284. The molecule has 44 heavy (non-hydrogen) atoms. The smallest absolute Gasteiger partial charge is 0.255 e. The summed E-state index contributed by atoms with van der Waals surface area (Å²) < 4.78 is 20.2. The number of carbonyl (C=O) groups is 1. The quantitative estimate of drug-likeness (QED) is 0.109. The average Bonchev–Trinajstić information content (AvgIpc) is 3.43. The van der Waals surface area contributed by atoms with E-state index in [1.165, 1.54) is 0 Å². The highest BCUT2D eigenvalue weighted by atomic mass is 79.9. The van der Waals surface area contributed by atoms with Crippen molar-refractivity contribution in [2.75, 3.05) is 30.1 Å². The number of nitrogens with zero attached hydrogens (tertiary/aromatic N) is 3. The summed E-state index contributed by atoms with van der Waals surface area (Å²) in [4.78, 5) is 18.9. The number of fused-ring (bicyclic) bond motifs is 1. The predicted molar refractivity (Wildman–Crippen MR) is 178 cm³/mol. The molecule has 9 nitrogen and oxygen atoms in total. The van der Waals surface area contributed by atoms with Gasteiger partial charge in [0.2, 0.25) is 11.1 Å². The van der Waals surface area contributed by atoms with Gasteiger partial charge in [0.15, 0.2) is 11.5 Å². The van der Waals surface area contributed by atoms with Gasteiger partial charge in [-0.15, -0.1) is 5.10 Å². The largest absolute Gasteiger partial charge is 0.493 e. The number of thioether (sulfide) groups is 1. The van der Waals surface area contributed by atoms with E-state index in [1.54, 1.807) is 23.6 Å². The number of nitrogens with one attached hydrogen (secondary N) is 2.